The fourth-order valence-corrected chi connectivity index (χ4v) is 2.47. The predicted octanol–water partition coefficient (Wildman–Crippen LogP) is 2.82. The Labute approximate surface area is 138 Å². The standard InChI is InChI=1S/C17H18N4O3/c1-10(2)21-9-11(8-18-21)5-16(22)19-13-3-4-14-12(6-13)7-15(20-14)17(23)24/h3-4,6-10,20H,5H2,1-2H3,(H,19,22)(H,23,24). The van der Waals surface area contributed by atoms with Gasteiger partial charge in [0.15, 0.2) is 0 Å². The third kappa shape index (κ3) is 3.29. The Morgan fingerprint density at radius 3 is 2.79 bits per heavy atom. The van der Waals surface area contributed by atoms with E-state index in [1.54, 1.807) is 30.5 Å². The number of carbonyl (C=O) groups excluding carboxylic acids is 1. The summed E-state index contributed by atoms with van der Waals surface area (Å²) in [6.45, 7) is 4.04. The molecule has 1 aromatic carbocycles. The molecule has 7 nitrogen and oxygen atoms in total. The zero-order valence-corrected chi connectivity index (χ0v) is 13.4. The molecule has 0 aliphatic carbocycles. The molecule has 24 heavy (non-hydrogen) atoms. The van der Waals surface area contributed by atoms with Crippen molar-refractivity contribution >= 4 is 28.5 Å². The van der Waals surface area contributed by atoms with Gasteiger partial charge in [-0.25, -0.2) is 4.79 Å². The van der Waals surface area contributed by atoms with Crippen LogP contribution in [0.5, 0.6) is 0 Å². The minimum Gasteiger partial charge on any atom is -0.477 e. The first-order valence-electron chi connectivity index (χ1n) is 7.61. The van der Waals surface area contributed by atoms with E-state index in [0.717, 1.165) is 10.9 Å². The molecular weight excluding hydrogens is 308 g/mol. The lowest BCUT2D eigenvalue weighted by Gasteiger charge is -2.05. The van der Waals surface area contributed by atoms with E-state index in [2.05, 4.69) is 15.4 Å². The summed E-state index contributed by atoms with van der Waals surface area (Å²) in [5.41, 5.74) is 2.30. The maximum absolute atomic E-state index is 12.2. The molecule has 0 atom stereocenters. The van der Waals surface area contributed by atoms with Gasteiger partial charge in [0.1, 0.15) is 5.69 Å². The summed E-state index contributed by atoms with van der Waals surface area (Å²) in [7, 11) is 0. The number of carboxylic acids is 1. The van der Waals surface area contributed by atoms with Gasteiger partial charge in [0.05, 0.1) is 12.6 Å². The third-order valence-corrected chi connectivity index (χ3v) is 3.68. The minimum absolute atomic E-state index is 0.120. The zero-order chi connectivity index (χ0) is 17.3. The fraction of sp³-hybridized carbons (Fsp3) is 0.235. The lowest BCUT2D eigenvalue weighted by Crippen LogP contribution is -2.14. The second-order valence-corrected chi connectivity index (χ2v) is 5.94. The van der Waals surface area contributed by atoms with Crippen molar-refractivity contribution in [2.24, 2.45) is 0 Å². The highest BCUT2D eigenvalue weighted by Gasteiger charge is 2.10. The number of fused-ring (bicyclic) bond motifs is 1. The molecule has 124 valence electrons. The van der Waals surface area contributed by atoms with E-state index in [0.29, 0.717) is 11.2 Å². The molecule has 0 saturated carbocycles. The molecule has 3 rings (SSSR count). The highest BCUT2D eigenvalue weighted by atomic mass is 16.4. The fourth-order valence-electron chi connectivity index (χ4n) is 2.47. The number of aromatic nitrogens is 3. The van der Waals surface area contributed by atoms with Crippen LogP contribution in [0.25, 0.3) is 10.9 Å². The molecule has 0 fully saturated rings. The van der Waals surface area contributed by atoms with Crippen LogP contribution in [0, 0.1) is 0 Å². The summed E-state index contributed by atoms with van der Waals surface area (Å²) in [5, 5.41) is 16.8. The molecule has 0 radical (unpaired) electrons. The molecule has 2 aromatic heterocycles. The number of carbonyl (C=O) groups is 2. The molecule has 1 amide bonds. The summed E-state index contributed by atoms with van der Waals surface area (Å²) in [6.07, 6.45) is 3.78. The number of anilines is 1. The normalized spacial score (nSPS) is 11.1. The van der Waals surface area contributed by atoms with E-state index in [1.807, 2.05) is 24.7 Å². The lowest BCUT2D eigenvalue weighted by atomic mass is 10.2. The maximum Gasteiger partial charge on any atom is 0.352 e. The van der Waals surface area contributed by atoms with Gasteiger partial charge in [-0.1, -0.05) is 0 Å². The Balaban J connectivity index is 1.71. The van der Waals surface area contributed by atoms with Gasteiger partial charge in [-0.15, -0.1) is 0 Å². The van der Waals surface area contributed by atoms with E-state index in [9.17, 15) is 9.59 Å². The smallest absolute Gasteiger partial charge is 0.352 e. The average molecular weight is 326 g/mol. The summed E-state index contributed by atoms with van der Waals surface area (Å²) in [4.78, 5) is 25.9. The number of aromatic carboxylic acids is 1. The van der Waals surface area contributed by atoms with E-state index in [1.165, 1.54) is 0 Å². The number of hydrogen-bond donors (Lipinski definition) is 3. The van der Waals surface area contributed by atoms with Crippen molar-refractivity contribution in [3.05, 3.63) is 47.9 Å². The predicted molar refractivity (Wildman–Crippen MR) is 90.2 cm³/mol. The highest BCUT2D eigenvalue weighted by molar-refractivity contribution is 5.97. The van der Waals surface area contributed by atoms with Crippen molar-refractivity contribution in [1.82, 2.24) is 14.8 Å². The van der Waals surface area contributed by atoms with Crippen LogP contribution >= 0.6 is 0 Å². The number of nitrogens with zero attached hydrogens (tertiary/aromatic N) is 2. The minimum atomic E-state index is -1.01. The monoisotopic (exact) mass is 326 g/mol. The van der Waals surface area contributed by atoms with Gasteiger partial charge in [-0.3, -0.25) is 9.48 Å². The molecular formula is C17H18N4O3. The molecule has 0 spiro atoms. The SMILES string of the molecule is CC(C)n1cc(CC(=O)Nc2ccc3[nH]c(C(=O)O)cc3c2)cn1. The van der Waals surface area contributed by atoms with Gasteiger partial charge in [0, 0.05) is 28.8 Å². The first kappa shape index (κ1) is 15.8. The summed E-state index contributed by atoms with van der Waals surface area (Å²) >= 11 is 0. The number of amides is 1. The van der Waals surface area contributed by atoms with Gasteiger partial charge < -0.3 is 15.4 Å². The Hall–Kier alpha value is -3.09. The van der Waals surface area contributed by atoms with Crippen LogP contribution in [0.4, 0.5) is 5.69 Å². The topological polar surface area (TPSA) is 100 Å². The number of nitrogens with one attached hydrogen (secondary N) is 2. The van der Waals surface area contributed by atoms with Crippen molar-refractivity contribution in [3.8, 4) is 0 Å². The largest absolute Gasteiger partial charge is 0.477 e. The van der Waals surface area contributed by atoms with Crippen LogP contribution in [0.15, 0.2) is 36.7 Å². The molecule has 0 unspecified atom stereocenters. The molecule has 3 aromatic rings. The second kappa shape index (κ2) is 6.19. The molecule has 0 aliphatic rings. The van der Waals surface area contributed by atoms with E-state index in [-0.39, 0.29) is 24.1 Å². The van der Waals surface area contributed by atoms with Crippen LogP contribution in [-0.2, 0) is 11.2 Å². The van der Waals surface area contributed by atoms with Crippen LogP contribution in [-0.4, -0.2) is 31.7 Å². The molecule has 2 heterocycles. The van der Waals surface area contributed by atoms with E-state index in [4.69, 9.17) is 5.11 Å². The molecule has 3 N–H and O–H groups in total. The van der Waals surface area contributed by atoms with Gasteiger partial charge in [-0.05, 0) is 43.7 Å². The highest BCUT2D eigenvalue weighted by Crippen LogP contribution is 2.20. The summed E-state index contributed by atoms with van der Waals surface area (Å²) in [5.74, 6) is -1.16. The Morgan fingerprint density at radius 2 is 2.12 bits per heavy atom. The number of carboxylic acid groups (broad SMARTS) is 1. The first-order chi connectivity index (χ1) is 11.4. The van der Waals surface area contributed by atoms with Crippen LogP contribution in [0.3, 0.4) is 0 Å². The lowest BCUT2D eigenvalue weighted by molar-refractivity contribution is -0.115. The molecule has 0 bridgehead atoms. The number of aromatic amines is 1. The van der Waals surface area contributed by atoms with E-state index >= 15 is 0 Å². The number of hydrogen-bond acceptors (Lipinski definition) is 3. The molecule has 7 heteroatoms. The van der Waals surface area contributed by atoms with E-state index < -0.39 is 5.97 Å². The van der Waals surface area contributed by atoms with Crippen molar-refractivity contribution in [1.29, 1.82) is 0 Å². The molecule has 0 saturated heterocycles. The zero-order valence-electron chi connectivity index (χ0n) is 13.4. The summed E-state index contributed by atoms with van der Waals surface area (Å²) in [6, 6.07) is 7.02. The second-order valence-electron chi connectivity index (χ2n) is 5.94. The quantitative estimate of drug-likeness (QED) is 0.671. The van der Waals surface area contributed by atoms with Gasteiger partial charge in [0.25, 0.3) is 0 Å². The van der Waals surface area contributed by atoms with Gasteiger partial charge >= 0.3 is 5.97 Å². The molecule has 0 aliphatic heterocycles. The van der Waals surface area contributed by atoms with Crippen molar-refractivity contribution in [2.45, 2.75) is 26.3 Å². The van der Waals surface area contributed by atoms with Crippen LogP contribution in [0.2, 0.25) is 0 Å². The third-order valence-electron chi connectivity index (χ3n) is 3.68. The van der Waals surface area contributed by atoms with Crippen molar-refractivity contribution in [3.63, 3.8) is 0 Å². The Kier molecular flexibility index (Phi) is 4.07. The maximum atomic E-state index is 12.2. The van der Waals surface area contributed by atoms with Crippen molar-refractivity contribution in [2.75, 3.05) is 5.32 Å². The number of rotatable bonds is 5. The summed E-state index contributed by atoms with van der Waals surface area (Å²) < 4.78 is 1.81. The van der Waals surface area contributed by atoms with Crippen LogP contribution < -0.4 is 5.32 Å². The number of benzene rings is 1. The Bertz CT molecular complexity index is 908. The first-order valence-corrected chi connectivity index (χ1v) is 7.61. The van der Waals surface area contributed by atoms with Gasteiger partial charge in [0.2, 0.25) is 5.91 Å². The number of H-pyrrole nitrogens is 1. The Morgan fingerprint density at radius 1 is 1.33 bits per heavy atom. The average Bonchev–Trinajstić information content (AvgIpc) is 3.13. The van der Waals surface area contributed by atoms with Gasteiger partial charge in [-0.2, -0.15) is 5.10 Å². The van der Waals surface area contributed by atoms with Crippen LogP contribution in [0.1, 0.15) is 35.9 Å². The van der Waals surface area contributed by atoms with Crippen molar-refractivity contribution < 1.29 is 14.7 Å².